The minimum absolute atomic E-state index is 0. The number of methoxy groups -OCH3 is 1. The number of hydrogen-bond acceptors (Lipinski definition) is 5. The first-order valence-corrected chi connectivity index (χ1v) is 8.85. The van der Waals surface area contributed by atoms with Gasteiger partial charge in [-0.15, -0.1) is 12.4 Å². The predicted octanol–water partition coefficient (Wildman–Crippen LogP) is 2.08. The highest BCUT2D eigenvalue weighted by Crippen LogP contribution is 2.31. The second-order valence-electron chi connectivity index (χ2n) is 6.60. The third-order valence-electron chi connectivity index (χ3n) is 4.91. The van der Waals surface area contributed by atoms with Gasteiger partial charge in [0.1, 0.15) is 0 Å². The summed E-state index contributed by atoms with van der Waals surface area (Å²) in [6, 6.07) is 4.97. The Hall–Kier alpha value is -2.12. The molecule has 3 rings (SSSR count). The Morgan fingerprint density at radius 3 is 2.41 bits per heavy atom. The van der Waals surface area contributed by atoms with Gasteiger partial charge in [0, 0.05) is 44.4 Å². The number of rotatable bonds is 6. The molecule has 27 heavy (non-hydrogen) atoms. The molecule has 8 heteroatoms. The third kappa shape index (κ3) is 4.59. The number of carbonyl (C=O) groups excluding carboxylic acids is 2. The molecule has 1 aromatic rings. The van der Waals surface area contributed by atoms with Crippen molar-refractivity contribution in [2.45, 2.75) is 13.3 Å². The first kappa shape index (κ1) is 21.2. The van der Waals surface area contributed by atoms with Crippen LogP contribution >= 0.6 is 12.4 Å². The van der Waals surface area contributed by atoms with Crippen LogP contribution in [0, 0.1) is 5.82 Å². The SMILES string of the molecule is COc1c(F)cccc1N1CCN(CCCN2C(=O)C=C(C)C2=O)CC1.Cl. The number of carbonyl (C=O) groups is 2. The number of hydrogen-bond donors (Lipinski definition) is 0. The van der Waals surface area contributed by atoms with Crippen molar-refractivity contribution < 1.29 is 18.7 Å². The maximum atomic E-state index is 13.9. The molecule has 0 aliphatic carbocycles. The van der Waals surface area contributed by atoms with Gasteiger partial charge in [-0.3, -0.25) is 19.4 Å². The van der Waals surface area contributed by atoms with Crippen molar-refractivity contribution in [1.29, 1.82) is 0 Å². The van der Waals surface area contributed by atoms with Gasteiger partial charge in [0.2, 0.25) is 0 Å². The van der Waals surface area contributed by atoms with Crippen LogP contribution in [0.1, 0.15) is 13.3 Å². The fourth-order valence-corrected chi connectivity index (χ4v) is 3.46. The minimum atomic E-state index is -0.351. The molecule has 0 N–H and O–H groups in total. The Balaban J connectivity index is 0.00000261. The van der Waals surface area contributed by atoms with Gasteiger partial charge in [-0.05, 0) is 32.0 Å². The lowest BCUT2D eigenvalue weighted by Crippen LogP contribution is -2.47. The van der Waals surface area contributed by atoms with Crippen LogP contribution in [0.15, 0.2) is 29.8 Å². The summed E-state index contributed by atoms with van der Waals surface area (Å²) in [6.07, 6.45) is 2.15. The van der Waals surface area contributed by atoms with Gasteiger partial charge in [-0.2, -0.15) is 0 Å². The van der Waals surface area contributed by atoms with Crippen molar-refractivity contribution in [2.24, 2.45) is 0 Å². The van der Waals surface area contributed by atoms with Crippen LogP contribution in [0.3, 0.4) is 0 Å². The fourth-order valence-electron chi connectivity index (χ4n) is 3.46. The van der Waals surface area contributed by atoms with Crippen molar-refractivity contribution in [2.75, 3.05) is 51.3 Å². The zero-order valence-electron chi connectivity index (χ0n) is 15.6. The number of ether oxygens (including phenoxy) is 1. The van der Waals surface area contributed by atoms with E-state index in [4.69, 9.17) is 4.74 Å². The van der Waals surface area contributed by atoms with E-state index in [0.717, 1.165) is 44.8 Å². The van der Waals surface area contributed by atoms with E-state index in [0.29, 0.717) is 12.1 Å². The summed E-state index contributed by atoms with van der Waals surface area (Å²) < 4.78 is 19.1. The van der Waals surface area contributed by atoms with Crippen LogP contribution in [0.5, 0.6) is 5.75 Å². The monoisotopic (exact) mass is 397 g/mol. The first-order valence-electron chi connectivity index (χ1n) is 8.85. The summed E-state index contributed by atoms with van der Waals surface area (Å²) in [5.74, 6) is -0.459. The summed E-state index contributed by atoms with van der Waals surface area (Å²) in [5.41, 5.74) is 1.29. The van der Waals surface area contributed by atoms with Gasteiger partial charge in [-0.25, -0.2) is 4.39 Å². The Morgan fingerprint density at radius 1 is 1.11 bits per heavy atom. The number of imide groups is 1. The first-order chi connectivity index (χ1) is 12.5. The number of anilines is 1. The van der Waals surface area contributed by atoms with Crippen LogP contribution in [-0.4, -0.2) is 68.0 Å². The van der Waals surface area contributed by atoms with Gasteiger partial charge in [0.15, 0.2) is 11.6 Å². The highest BCUT2D eigenvalue weighted by Gasteiger charge is 2.28. The average Bonchev–Trinajstić information content (AvgIpc) is 2.88. The number of benzene rings is 1. The molecule has 0 atom stereocenters. The molecule has 0 unspecified atom stereocenters. The van der Waals surface area contributed by atoms with Crippen LogP contribution in [0.2, 0.25) is 0 Å². The molecule has 1 aromatic carbocycles. The molecular weight excluding hydrogens is 373 g/mol. The third-order valence-corrected chi connectivity index (χ3v) is 4.91. The summed E-state index contributed by atoms with van der Waals surface area (Å²) >= 11 is 0. The van der Waals surface area contributed by atoms with E-state index < -0.39 is 0 Å². The lowest BCUT2D eigenvalue weighted by molar-refractivity contribution is -0.137. The molecular formula is C19H25ClFN3O3. The van der Waals surface area contributed by atoms with Crippen LogP contribution in [0.4, 0.5) is 10.1 Å². The Bertz CT molecular complexity index is 733. The van der Waals surface area contributed by atoms with Crippen molar-refractivity contribution in [1.82, 2.24) is 9.80 Å². The van der Waals surface area contributed by atoms with E-state index >= 15 is 0 Å². The largest absolute Gasteiger partial charge is 0.492 e. The highest BCUT2D eigenvalue weighted by molar-refractivity contribution is 6.15. The van der Waals surface area contributed by atoms with Crippen molar-refractivity contribution in [3.05, 3.63) is 35.7 Å². The fraction of sp³-hybridized carbons (Fsp3) is 0.474. The van der Waals surface area contributed by atoms with Gasteiger partial charge >= 0.3 is 0 Å². The normalized spacial score (nSPS) is 17.8. The number of piperazine rings is 1. The molecule has 2 aliphatic rings. The van der Waals surface area contributed by atoms with E-state index in [-0.39, 0.29) is 35.8 Å². The van der Waals surface area contributed by atoms with E-state index in [9.17, 15) is 14.0 Å². The van der Waals surface area contributed by atoms with Crippen molar-refractivity contribution >= 4 is 29.9 Å². The van der Waals surface area contributed by atoms with Crippen molar-refractivity contribution in [3.8, 4) is 5.75 Å². The molecule has 0 bridgehead atoms. The lowest BCUT2D eigenvalue weighted by atomic mass is 10.2. The van der Waals surface area contributed by atoms with E-state index in [1.807, 2.05) is 6.07 Å². The standard InChI is InChI=1S/C19H24FN3O3.ClH/c1-14-13-17(24)23(19(14)25)8-4-7-21-9-11-22(12-10-21)16-6-3-5-15(20)18(16)26-2;/h3,5-6,13H,4,7-12H2,1-2H3;1H. The number of amides is 2. The second-order valence-corrected chi connectivity index (χ2v) is 6.60. The van der Waals surface area contributed by atoms with E-state index in [2.05, 4.69) is 9.80 Å². The predicted molar refractivity (Wildman–Crippen MR) is 104 cm³/mol. The zero-order chi connectivity index (χ0) is 18.7. The number of nitrogens with zero attached hydrogens (tertiary/aromatic N) is 3. The van der Waals surface area contributed by atoms with Gasteiger partial charge in [0.05, 0.1) is 12.8 Å². The molecule has 0 radical (unpaired) electrons. The van der Waals surface area contributed by atoms with Crippen molar-refractivity contribution in [3.63, 3.8) is 0 Å². The molecule has 0 aromatic heterocycles. The molecule has 6 nitrogen and oxygen atoms in total. The minimum Gasteiger partial charge on any atom is -0.492 e. The Morgan fingerprint density at radius 2 is 1.81 bits per heavy atom. The number of para-hydroxylation sites is 1. The molecule has 1 fully saturated rings. The van der Waals surface area contributed by atoms with E-state index in [1.54, 1.807) is 13.0 Å². The molecule has 2 amide bonds. The summed E-state index contributed by atoms with van der Waals surface area (Å²) in [7, 11) is 1.48. The summed E-state index contributed by atoms with van der Waals surface area (Å²) in [4.78, 5) is 29.3. The number of halogens is 2. The molecule has 0 spiro atoms. The maximum Gasteiger partial charge on any atom is 0.256 e. The summed E-state index contributed by atoms with van der Waals surface area (Å²) in [5, 5.41) is 0. The zero-order valence-corrected chi connectivity index (χ0v) is 16.4. The molecule has 2 aliphatic heterocycles. The van der Waals surface area contributed by atoms with Gasteiger partial charge in [0.25, 0.3) is 11.8 Å². The molecule has 148 valence electrons. The van der Waals surface area contributed by atoms with Gasteiger partial charge < -0.3 is 9.64 Å². The van der Waals surface area contributed by atoms with Crippen LogP contribution in [-0.2, 0) is 9.59 Å². The van der Waals surface area contributed by atoms with E-state index in [1.165, 1.54) is 24.2 Å². The second kappa shape index (κ2) is 9.19. The maximum absolute atomic E-state index is 13.9. The molecule has 2 heterocycles. The quantitative estimate of drug-likeness (QED) is 0.688. The highest BCUT2D eigenvalue weighted by atomic mass is 35.5. The Labute approximate surface area is 165 Å². The summed E-state index contributed by atoms with van der Waals surface area (Å²) in [6.45, 7) is 6.19. The smallest absolute Gasteiger partial charge is 0.256 e. The Kier molecular flexibility index (Phi) is 7.21. The van der Waals surface area contributed by atoms with Crippen LogP contribution < -0.4 is 9.64 Å². The topological polar surface area (TPSA) is 53.1 Å². The lowest BCUT2D eigenvalue weighted by Gasteiger charge is -2.36. The molecule has 1 saturated heterocycles. The molecule has 0 saturated carbocycles. The average molecular weight is 398 g/mol. The van der Waals surface area contributed by atoms with Gasteiger partial charge in [-0.1, -0.05) is 6.07 Å². The van der Waals surface area contributed by atoms with Crippen LogP contribution in [0.25, 0.3) is 0 Å².